The average Bonchev–Trinajstić information content (AvgIpc) is 2.97. The molecule has 10 nitrogen and oxygen atoms in total. The quantitative estimate of drug-likeness (QED) is 0.528. The van der Waals surface area contributed by atoms with Gasteiger partial charge in [0.15, 0.2) is 11.2 Å². The summed E-state index contributed by atoms with van der Waals surface area (Å²) in [6, 6.07) is -0.726. The number of ether oxygens (including phenoxy) is 2. The molecule has 4 N–H and O–H groups in total. The second-order valence-corrected chi connectivity index (χ2v) is 6.04. The first-order valence-electron chi connectivity index (χ1n) is 7.90. The molecule has 0 aromatic carbocycles. The number of fused-ring (bicyclic) bond motifs is 1. The van der Waals surface area contributed by atoms with E-state index < -0.39 is 18.1 Å². The van der Waals surface area contributed by atoms with Gasteiger partial charge in [-0.25, -0.2) is 9.97 Å². The number of aliphatic hydroxyl groups is 1. The lowest BCUT2D eigenvalue weighted by Crippen LogP contribution is -2.39. The van der Waals surface area contributed by atoms with Crippen LogP contribution in [-0.2, 0) is 21.0 Å². The van der Waals surface area contributed by atoms with Crippen molar-refractivity contribution in [3.05, 3.63) is 22.5 Å². The molecule has 2 heterocycles. The van der Waals surface area contributed by atoms with Crippen LogP contribution in [0.1, 0.15) is 19.7 Å². The summed E-state index contributed by atoms with van der Waals surface area (Å²) in [7, 11) is 0. The van der Waals surface area contributed by atoms with Gasteiger partial charge in [-0.1, -0.05) is 13.8 Å². The van der Waals surface area contributed by atoms with Crippen LogP contribution in [0.2, 0.25) is 0 Å². The molecule has 0 fully saturated rings. The summed E-state index contributed by atoms with van der Waals surface area (Å²) >= 11 is 0. The zero-order chi connectivity index (χ0) is 18.6. The fourth-order valence-corrected chi connectivity index (χ4v) is 2.04. The first-order chi connectivity index (χ1) is 11.8. The number of nitrogens with zero attached hydrogens (tertiary/aromatic N) is 3. The van der Waals surface area contributed by atoms with E-state index in [-0.39, 0.29) is 36.9 Å². The van der Waals surface area contributed by atoms with Crippen LogP contribution in [-0.4, -0.2) is 56.0 Å². The van der Waals surface area contributed by atoms with Gasteiger partial charge in [-0.15, -0.1) is 0 Å². The zero-order valence-corrected chi connectivity index (χ0v) is 14.4. The number of carbonyl (C=O) groups is 1. The van der Waals surface area contributed by atoms with Crippen LogP contribution in [0.3, 0.4) is 0 Å². The minimum Gasteiger partial charge on any atom is -0.462 e. The Balaban J connectivity index is 1.97. The van der Waals surface area contributed by atoms with Crippen LogP contribution in [0.4, 0.5) is 0 Å². The first kappa shape index (κ1) is 19.0. The molecule has 0 amide bonds. The van der Waals surface area contributed by atoms with Gasteiger partial charge in [-0.2, -0.15) is 0 Å². The standard InChI is InChI=1S/C15H23N5O5/c1-8(2)11(16)15(23)24-5-10(4-21)25-7-20-6-17-12-13(20)18-9(3)19-14(12)22/h6,8,10-11,21H,4-5,7,16H2,1-3H3,(H,18,19,22). The summed E-state index contributed by atoms with van der Waals surface area (Å²) in [6.45, 7) is 4.80. The maximum atomic E-state index is 11.8. The summed E-state index contributed by atoms with van der Waals surface area (Å²) in [5, 5.41) is 9.37. The number of rotatable bonds is 8. The van der Waals surface area contributed by atoms with Crippen molar-refractivity contribution in [1.82, 2.24) is 19.5 Å². The average molecular weight is 353 g/mol. The molecule has 2 unspecified atom stereocenters. The van der Waals surface area contributed by atoms with E-state index in [4.69, 9.17) is 15.2 Å². The Morgan fingerprint density at radius 2 is 2.20 bits per heavy atom. The maximum absolute atomic E-state index is 11.8. The number of aryl methyl sites for hydroxylation is 1. The molecule has 0 saturated heterocycles. The van der Waals surface area contributed by atoms with Crippen LogP contribution in [0.25, 0.3) is 11.2 Å². The molecule has 25 heavy (non-hydrogen) atoms. The molecule has 0 bridgehead atoms. The van der Waals surface area contributed by atoms with Gasteiger partial charge in [0.25, 0.3) is 5.56 Å². The molecule has 10 heteroatoms. The Hall–Kier alpha value is -2.30. The van der Waals surface area contributed by atoms with E-state index in [0.717, 1.165) is 0 Å². The Kier molecular flexibility index (Phi) is 6.23. The molecule has 2 rings (SSSR count). The van der Waals surface area contributed by atoms with Crippen molar-refractivity contribution in [3.8, 4) is 0 Å². The largest absolute Gasteiger partial charge is 0.462 e. The molecule has 0 saturated carbocycles. The summed E-state index contributed by atoms with van der Waals surface area (Å²) < 4.78 is 12.1. The van der Waals surface area contributed by atoms with Crippen molar-refractivity contribution in [3.63, 3.8) is 0 Å². The van der Waals surface area contributed by atoms with Crippen LogP contribution in [0.15, 0.2) is 11.1 Å². The lowest BCUT2D eigenvalue weighted by molar-refractivity contribution is -0.153. The molecule has 138 valence electrons. The van der Waals surface area contributed by atoms with E-state index in [1.165, 1.54) is 10.9 Å². The second kappa shape index (κ2) is 8.19. The fraction of sp³-hybridized carbons (Fsp3) is 0.600. The van der Waals surface area contributed by atoms with Crippen LogP contribution < -0.4 is 11.3 Å². The number of esters is 1. The summed E-state index contributed by atoms with van der Waals surface area (Å²) in [5.41, 5.74) is 5.93. The fourth-order valence-electron chi connectivity index (χ4n) is 2.04. The van der Waals surface area contributed by atoms with Crippen molar-refractivity contribution in [2.24, 2.45) is 11.7 Å². The predicted octanol–water partition coefficient (Wildman–Crippen LogP) is -0.710. The van der Waals surface area contributed by atoms with Gasteiger partial charge in [0.1, 0.15) is 31.3 Å². The third-order valence-corrected chi connectivity index (χ3v) is 3.65. The molecule has 0 radical (unpaired) electrons. The number of aromatic nitrogens is 4. The van der Waals surface area contributed by atoms with Gasteiger partial charge in [0, 0.05) is 0 Å². The number of hydrogen-bond donors (Lipinski definition) is 3. The van der Waals surface area contributed by atoms with Crippen LogP contribution >= 0.6 is 0 Å². The Bertz CT molecular complexity index is 784. The van der Waals surface area contributed by atoms with Crippen LogP contribution in [0.5, 0.6) is 0 Å². The molecule has 2 atom stereocenters. The summed E-state index contributed by atoms with van der Waals surface area (Å²) in [4.78, 5) is 34.3. The van der Waals surface area contributed by atoms with E-state index in [1.807, 2.05) is 13.8 Å². The predicted molar refractivity (Wildman–Crippen MR) is 88.6 cm³/mol. The third kappa shape index (κ3) is 4.62. The molecular formula is C15H23N5O5. The number of carbonyl (C=O) groups excluding carboxylic acids is 1. The van der Waals surface area contributed by atoms with Crippen LogP contribution in [0, 0.1) is 12.8 Å². The highest BCUT2D eigenvalue weighted by Crippen LogP contribution is 2.07. The number of aromatic amines is 1. The smallest absolute Gasteiger partial charge is 0.323 e. The molecule has 2 aromatic heterocycles. The van der Waals surface area contributed by atoms with E-state index >= 15 is 0 Å². The van der Waals surface area contributed by atoms with Crippen molar-refractivity contribution in [2.75, 3.05) is 13.2 Å². The zero-order valence-electron chi connectivity index (χ0n) is 14.4. The monoisotopic (exact) mass is 353 g/mol. The van der Waals surface area contributed by atoms with Gasteiger partial charge in [-0.3, -0.25) is 14.2 Å². The Morgan fingerprint density at radius 1 is 1.48 bits per heavy atom. The number of nitrogens with two attached hydrogens (primary N) is 1. The summed E-state index contributed by atoms with van der Waals surface area (Å²) in [6.07, 6.45) is 0.686. The van der Waals surface area contributed by atoms with Gasteiger partial charge in [0.2, 0.25) is 0 Å². The van der Waals surface area contributed by atoms with Gasteiger partial charge < -0.3 is 25.3 Å². The first-order valence-corrected chi connectivity index (χ1v) is 7.90. The maximum Gasteiger partial charge on any atom is 0.323 e. The minimum absolute atomic E-state index is 0.00853. The van der Waals surface area contributed by atoms with Gasteiger partial charge >= 0.3 is 5.97 Å². The molecular weight excluding hydrogens is 330 g/mol. The highest BCUT2D eigenvalue weighted by Gasteiger charge is 2.21. The van der Waals surface area contributed by atoms with Gasteiger partial charge in [-0.05, 0) is 12.8 Å². The number of nitrogens with one attached hydrogen (secondary N) is 1. The Morgan fingerprint density at radius 3 is 2.84 bits per heavy atom. The third-order valence-electron chi connectivity index (χ3n) is 3.65. The Labute approximate surface area is 144 Å². The van der Waals surface area contributed by atoms with Gasteiger partial charge in [0.05, 0.1) is 12.9 Å². The normalized spacial score (nSPS) is 14.0. The molecule has 0 spiro atoms. The lowest BCUT2D eigenvalue weighted by atomic mass is 10.1. The molecule has 0 aliphatic carbocycles. The van der Waals surface area contributed by atoms with Crippen molar-refractivity contribution in [1.29, 1.82) is 0 Å². The van der Waals surface area contributed by atoms with Crippen molar-refractivity contribution < 1.29 is 19.4 Å². The van der Waals surface area contributed by atoms with E-state index in [0.29, 0.717) is 11.5 Å². The molecule has 0 aliphatic heterocycles. The topological polar surface area (TPSA) is 145 Å². The SMILES string of the molecule is Cc1nc2c(ncn2COC(CO)COC(=O)C(N)C(C)C)c(=O)[nH]1. The minimum atomic E-state index is -0.733. The molecule has 2 aromatic rings. The van der Waals surface area contributed by atoms with E-state index in [2.05, 4.69) is 15.0 Å². The summed E-state index contributed by atoms with van der Waals surface area (Å²) in [5.74, 6) is -0.144. The highest BCUT2D eigenvalue weighted by atomic mass is 16.6. The van der Waals surface area contributed by atoms with Crippen molar-refractivity contribution in [2.45, 2.75) is 39.6 Å². The number of H-pyrrole nitrogens is 1. The number of imidazole rings is 1. The number of aliphatic hydroxyl groups excluding tert-OH is 1. The molecule has 0 aliphatic rings. The van der Waals surface area contributed by atoms with E-state index in [1.54, 1.807) is 6.92 Å². The second-order valence-electron chi connectivity index (χ2n) is 6.04. The van der Waals surface area contributed by atoms with E-state index in [9.17, 15) is 14.7 Å². The number of hydrogen-bond acceptors (Lipinski definition) is 8. The lowest BCUT2D eigenvalue weighted by Gasteiger charge is -2.19. The highest BCUT2D eigenvalue weighted by molar-refractivity contribution is 5.75. The van der Waals surface area contributed by atoms with Crippen molar-refractivity contribution >= 4 is 17.1 Å².